The zero-order valence-electron chi connectivity index (χ0n) is 17.8. The van der Waals surface area contributed by atoms with Crippen molar-refractivity contribution in [1.82, 2.24) is 15.0 Å². The molecule has 2 aromatic heterocycles. The third-order valence-corrected chi connectivity index (χ3v) is 6.96. The molecule has 3 atom stereocenters. The molecular formula is C23H24ClN4O3S+. The standard InChI is InChI=1S/C23H23ClN4O3S/c1-15-12-27(13-16(2)30-15)14-18-10-25-23(31-18)20-8-17(24)9-22-21(20)11-26-28(22)32(29)19-6-4-3-5-7-19/h3-11,15-16H,12-14H2,1-2H3/p+1/t15-,16-,32?/m1/s1. The second kappa shape index (κ2) is 8.78. The quantitative estimate of drug-likeness (QED) is 0.446. The van der Waals surface area contributed by atoms with Crippen LogP contribution in [0.5, 0.6) is 0 Å². The number of hydrogen-bond acceptors (Lipinski definition) is 5. The monoisotopic (exact) mass is 471 g/mol. The number of nitrogens with zero attached hydrogens (tertiary/aromatic N) is 3. The summed E-state index contributed by atoms with van der Waals surface area (Å²) in [5.74, 6) is 1.27. The first-order chi connectivity index (χ1) is 15.5. The fraction of sp³-hybridized carbons (Fsp3) is 0.304. The highest BCUT2D eigenvalue weighted by Gasteiger charge is 2.26. The predicted octanol–water partition coefficient (Wildman–Crippen LogP) is 3.94. The molecule has 1 aliphatic heterocycles. The van der Waals surface area contributed by atoms with Gasteiger partial charge in [-0.25, -0.2) is 4.98 Å². The van der Waals surface area contributed by atoms with Gasteiger partial charge in [-0.2, -0.15) is 9.31 Å². The minimum atomic E-state index is -1.44. The number of halogens is 1. The lowest BCUT2D eigenvalue weighted by molar-refractivity contribution is -0.541. The molecule has 2 aromatic carbocycles. The molecule has 166 valence electrons. The third-order valence-electron chi connectivity index (χ3n) is 5.44. The molecule has 5 rings (SSSR count). The first kappa shape index (κ1) is 21.3. The van der Waals surface area contributed by atoms with Gasteiger partial charge in [0, 0.05) is 24.2 Å². The van der Waals surface area contributed by atoms with Gasteiger partial charge in [0.2, 0.25) is 5.89 Å². The van der Waals surface area contributed by atoms with E-state index in [9.17, 15) is 4.21 Å². The SMILES string of the molecule is C[C@@H]1CN(Cc2cnc(-c3cc(Cl)cc4c3c[nH][n+]4S(=O)c3ccccc3)o2)C[C@@H](C)O1. The van der Waals surface area contributed by atoms with Crippen LogP contribution in [0.15, 0.2) is 64.2 Å². The smallest absolute Gasteiger partial charge is 0.345 e. The molecule has 1 aliphatic rings. The lowest BCUT2D eigenvalue weighted by Crippen LogP contribution is -2.44. The summed E-state index contributed by atoms with van der Waals surface area (Å²) in [5.41, 5.74) is 1.47. The molecule has 7 nitrogen and oxygen atoms in total. The van der Waals surface area contributed by atoms with Crippen LogP contribution in [-0.2, 0) is 22.3 Å². The second-order valence-corrected chi connectivity index (χ2v) is 9.87. The van der Waals surface area contributed by atoms with Gasteiger partial charge in [0.25, 0.3) is 5.52 Å². The van der Waals surface area contributed by atoms with E-state index in [2.05, 4.69) is 28.8 Å². The molecule has 0 saturated carbocycles. The van der Waals surface area contributed by atoms with E-state index in [0.29, 0.717) is 27.9 Å². The minimum absolute atomic E-state index is 0.189. The average molecular weight is 472 g/mol. The maximum absolute atomic E-state index is 13.1. The first-order valence-corrected chi connectivity index (χ1v) is 12.0. The third kappa shape index (κ3) is 4.23. The van der Waals surface area contributed by atoms with Crippen LogP contribution < -0.4 is 4.09 Å². The van der Waals surface area contributed by atoms with Crippen molar-refractivity contribution in [1.29, 1.82) is 0 Å². The Morgan fingerprint density at radius 1 is 1.22 bits per heavy atom. The summed E-state index contributed by atoms with van der Waals surface area (Å²) in [6.45, 7) is 6.53. The van der Waals surface area contributed by atoms with E-state index in [1.807, 2.05) is 36.4 Å². The number of H-pyrrole nitrogens is 1. The second-order valence-electron chi connectivity index (χ2n) is 8.10. The first-order valence-electron chi connectivity index (χ1n) is 10.5. The van der Waals surface area contributed by atoms with Crippen LogP contribution >= 0.6 is 11.6 Å². The van der Waals surface area contributed by atoms with Crippen LogP contribution in [0.2, 0.25) is 5.02 Å². The topological polar surface area (TPSA) is 75.2 Å². The Morgan fingerprint density at radius 3 is 2.72 bits per heavy atom. The van der Waals surface area contributed by atoms with Gasteiger partial charge in [0.1, 0.15) is 10.7 Å². The molecule has 1 saturated heterocycles. The van der Waals surface area contributed by atoms with Crippen LogP contribution in [0.25, 0.3) is 22.4 Å². The van der Waals surface area contributed by atoms with Crippen molar-refractivity contribution in [3.8, 4) is 11.5 Å². The van der Waals surface area contributed by atoms with Gasteiger partial charge < -0.3 is 9.15 Å². The maximum atomic E-state index is 13.1. The van der Waals surface area contributed by atoms with Crippen molar-refractivity contribution in [3.63, 3.8) is 0 Å². The number of aromatic amines is 1. The van der Waals surface area contributed by atoms with E-state index >= 15 is 0 Å². The van der Waals surface area contributed by atoms with Gasteiger partial charge in [0.15, 0.2) is 0 Å². The molecule has 1 unspecified atom stereocenters. The molecule has 0 radical (unpaired) electrons. The van der Waals surface area contributed by atoms with Crippen LogP contribution in [0.3, 0.4) is 0 Å². The highest BCUT2D eigenvalue weighted by molar-refractivity contribution is 7.78. The minimum Gasteiger partial charge on any atom is -0.440 e. The van der Waals surface area contributed by atoms with Crippen LogP contribution in [0, 0.1) is 0 Å². The highest BCUT2D eigenvalue weighted by atomic mass is 35.5. The largest absolute Gasteiger partial charge is 0.440 e. The number of nitrogens with one attached hydrogen (secondary N) is 1. The molecule has 4 aromatic rings. The predicted molar refractivity (Wildman–Crippen MR) is 123 cm³/mol. The number of hydrogen-bond donors (Lipinski definition) is 1. The lowest BCUT2D eigenvalue weighted by Gasteiger charge is -2.34. The summed E-state index contributed by atoms with van der Waals surface area (Å²) >= 11 is 6.43. The molecular weight excluding hydrogens is 448 g/mol. The Labute approximate surface area is 193 Å². The van der Waals surface area contributed by atoms with Crippen molar-refractivity contribution in [2.75, 3.05) is 13.1 Å². The number of rotatable bonds is 5. The van der Waals surface area contributed by atoms with Gasteiger partial charge in [-0.1, -0.05) is 29.8 Å². The molecule has 0 aliphatic carbocycles. The number of aromatic nitrogens is 3. The number of fused-ring (bicyclic) bond motifs is 1. The molecule has 0 amide bonds. The number of morpholine rings is 1. The Bertz CT molecular complexity index is 1260. The zero-order valence-corrected chi connectivity index (χ0v) is 19.4. The molecule has 32 heavy (non-hydrogen) atoms. The molecule has 0 spiro atoms. The summed E-state index contributed by atoms with van der Waals surface area (Å²) in [5, 5.41) is 4.45. The molecule has 0 bridgehead atoms. The summed E-state index contributed by atoms with van der Waals surface area (Å²) in [6.07, 6.45) is 3.94. The van der Waals surface area contributed by atoms with E-state index in [4.69, 9.17) is 20.8 Å². The number of benzene rings is 2. The van der Waals surface area contributed by atoms with Gasteiger partial charge in [-0.05, 0) is 36.1 Å². The molecule has 1 N–H and O–H groups in total. The van der Waals surface area contributed by atoms with Crippen molar-refractivity contribution in [2.45, 2.75) is 37.5 Å². The van der Waals surface area contributed by atoms with E-state index in [0.717, 1.165) is 29.8 Å². The average Bonchev–Trinajstić information content (AvgIpc) is 3.39. The molecule has 1 fully saturated rings. The van der Waals surface area contributed by atoms with Crippen molar-refractivity contribution < 1.29 is 17.5 Å². The fourth-order valence-corrected chi connectivity index (χ4v) is 5.50. The van der Waals surface area contributed by atoms with Crippen LogP contribution in [0.4, 0.5) is 0 Å². The molecule has 3 heterocycles. The Balaban J connectivity index is 1.46. The Morgan fingerprint density at radius 2 is 1.97 bits per heavy atom. The highest BCUT2D eigenvalue weighted by Crippen LogP contribution is 2.31. The lowest BCUT2D eigenvalue weighted by atomic mass is 10.1. The van der Waals surface area contributed by atoms with Crippen molar-refractivity contribution >= 4 is 33.5 Å². The van der Waals surface area contributed by atoms with E-state index < -0.39 is 11.0 Å². The Hall–Kier alpha value is -2.52. The van der Waals surface area contributed by atoms with E-state index in [1.165, 1.54) is 0 Å². The van der Waals surface area contributed by atoms with E-state index in [1.54, 1.807) is 22.5 Å². The van der Waals surface area contributed by atoms with Gasteiger partial charge >= 0.3 is 11.0 Å². The maximum Gasteiger partial charge on any atom is 0.345 e. The summed E-state index contributed by atoms with van der Waals surface area (Å²) in [4.78, 5) is 7.51. The Kier molecular flexibility index (Phi) is 5.86. The van der Waals surface area contributed by atoms with Crippen molar-refractivity contribution in [3.05, 3.63) is 65.6 Å². The fourth-order valence-electron chi connectivity index (χ4n) is 4.21. The summed E-state index contributed by atoms with van der Waals surface area (Å²) in [6, 6.07) is 12.9. The summed E-state index contributed by atoms with van der Waals surface area (Å²) in [7, 11) is -1.44. The van der Waals surface area contributed by atoms with Crippen LogP contribution in [0.1, 0.15) is 19.6 Å². The van der Waals surface area contributed by atoms with Gasteiger partial charge in [-0.15, -0.1) is 0 Å². The number of ether oxygens (including phenoxy) is 1. The summed E-state index contributed by atoms with van der Waals surface area (Å²) < 4.78 is 26.6. The number of oxazole rings is 1. The van der Waals surface area contributed by atoms with E-state index in [-0.39, 0.29) is 12.2 Å². The van der Waals surface area contributed by atoms with Crippen molar-refractivity contribution in [2.24, 2.45) is 0 Å². The molecule has 9 heteroatoms. The normalized spacial score (nSPS) is 20.6. The van der Waals surface area contributed by atoms with Gasteiger partial charge in [-0.3, -0.25) is 4.90 Å². The van der Waals surface area contributed by atoms with Gasteiger partial charge in [0.05, 0.1) is 42.1 Å². The van der Waals surface area contributed by atoms with Crippen LogP contribution in [-0.4, -0.2) is 44.5 Å². The zero-order chi connectivity index (χ0) is 22.2.